The molecule has 1 aliphatic carbocycles. The number of aliphatic carboxylic acids is 1. The Morgan fingerprint density at radius 2 is 1.79 bits per heavy atom. The molecule has 3 N–H and O–H groups in total. The van der Waals surface area contributed by atoms with Gasteiger partial charge in [-0.3, -0.25) is 4.79 Å². The number of aryl methyl sites for hydroxylation is 1. The van der Waals surface area contributed by atoms with Gasteiger partial charge in [-0.25, -0.2) is 4.79 Å². The van der Waals surface area contributed by atoms with Gasteiger partial charge in [0.25, 0.3) is 0 Å². The van der Waals surface area contributed by atoms with E-state index >= 15 is 0 Å². The number of nitrogens with one attached hydrogen (secondary N) is 2. The molecule has 0 radical (unpaired) electrons. The Kier molecular flexibility index (Phi) is 9.59. The van der Waals surface area contributed by atoms with E-state index in [0.29, 0.717) is 36.1 Å². The van der Waals surface area contributed by atoms with Crippen molar-refractivity contribution in [3.8, 4) is 12.3 Å². The van der Waals surface area contributed by atoms with Crippen molar-refractivity contribution >= 4 is 17.7 Å². The van der Waals surface area contributed by atoms with Crippen LogP contribution in [-0.4, -0.2) is 35.1 Å². The molecule has 6 heteroatoms. The van der Waals surface area contributed by atoms with E-state index in [1.165, 1.54) is 0 Å². The van der Waals surface area contributed by atoms with Crippen LogP contribution in [0.5, 0.6) is 0 Å². The Hall–Kier alpha value is -3.20. The second-order valence-corrected chi connectivity index (χ2v) is 9.63. The van der Waals surface area contributed by atoms with Crippen molar-refractivity contribution in [1.29, 1.82) is 0 Å². The fourth-order valence-electron chi connectivity index (χ4n) is 3.79. The molecular formula is C27H37N3O3. The number of terminal acetylenes is 1. The van der Waals surface area contributed by atoms with Crippen LogP contribution in [0.1, 0.15) is 46.1 Å². The molecule has 0 aromatic heterocycles. The zero-order chi connectivity index (χ0) is 24.5. The zero-order valence-electron chi connectivity index (χ0n) is 20.4. The van der Waals surface area contributed by atoms with Gasteiger partial charge in [0.2, 0.25) is 0 Å². The number of hydrogen-bond acceptors (Lipinski definition) is 3. The number of nitrogens with zero attached hydrogens (tertiary/aromatic N) is 1. The van der Waals surface area contributed by atoms with Crippen molar-refractivity contribution in [1.82, 2.24) is 10.2 Å². The first kappa shape index (κ1) is 26.1. The Morgan fingerprint density at radius 1 is 1.18 bits per heavy atom. The predicted octanol–water partition coefficient (Wildman–Crippen LogP) is 5.24. The van der Waals surface area contributed by atoms with Crippen LogP contribution in [-0.2, 0) is 4.79 Å². The summed E-state index contributed by atoms with van der Waals surface area (Å²) < 4.78 is 0. The minimum Gasteiger partial charge on any atom is -0.481 e. The largest absolute Gasteiger partial charge is 0.481 e. The molecule has 33 heavy (non-hydrogen) atoms. The van der Waals surface area contributed by atoms with Crippen LogP contribution in [0.2, 0.25) is 0 Å². The normalized spacial score (nSPS) is 18.1. The van der Waals surface area contributed by atoms with Gasteiger partial charge in [-0.1, -0.05) is 57.4 Å². The molecule has 0 heterocycles. The molecule has 1 saturated carbocycles. The van der Waals surface area contributed by atoms with E-state index in [0.717, 1.165) is 24.4 Å². The molecule has 0 aliphatic heterocycles. The molecule has 6 nitrogen and oxygen atoms in total. The molecule has 0 bridgehead atoms. The van der Waals surface area contributed by atoms with Crippen LogP contribution in [0.25, 0.3) is 0 Å². The van der Waals surface area contributed by atoms with E-state index in [1.54, 1.807) is 6.08 Å². The Balaban J connectivity index is 2.30. The molecule has 1 aliphatic rings. The van der Waals surface area contributed by atoms with Crippen LogP contribution in [0, 0.1) is 42.9 Å². The van der Waals surface area contributed by atoms with Gasteiger partial charge in [-0.2, -0.15) is 0 Å². The van der Waals surface area contributed by atoms with Gasteiger partial charge in [-0.15, -0.1) is 6.42 Å². The number of carboxylic acids is 1. The smallest absolute Gasteiger partial charge is 0.323 e. The summed E-state index contributed by atoms with van der Waals surface area (Å²) in [5, 5.41) is 15.1. The highest BCUT2D eigenvalue weighted by Crippen LogP contribution is 2.42. The first-order chi connectivity index (χ1) is 15.6. The maximum absolute atomic E-state index is 12.9. The summed E-state index contributed by atoms with van der Waals surface area (Å²) in [7, 11) is 0. The lowest BCUT2D eigenvalue weighted by molar-refractivity contribution is -0.138. The summed E-state index contributed by atoms with van der Waals surface area (Å²) in [6.45, 7) is 12.1. The lowest BCUT2D eigenvalue weighted by atomic mass is 10.1. The quantitative estimate of drug-likeness (QED) is 0.317. The minimum absolute atomic E-state index is 0.0789. The molecular weight excluding hydrogens is 414 g/mol. The molecule has 2 amide bonds. The van der Waals surface area contributed by atoms with Crippen molar-refractivity contribution in [3.63, 3.8) is 0 Å². The Labute approximate surface area is 198 Å². The van der Waals surface area contributed by atoms with Crippen LogP contribution in [0.15, 0.2) is 47.8 Å². The van der Waals surface area contributed by atoms with Gasteiger partial charge >= 0.3 is 12.0 Å². The summed E-state index contributed by atoms with van der Waals surface area (Å²) in [6, 6.07) is 7.20. The van der Waals surface area contributed by atoms with E-state index < -0.39 is 5.97 Å². The van der Waals surface area contributed by atoms with Crippen LogP contribution < -0.4 is 10.6 Å². The van der Waals surface area contributed by atoms with Crippen molar-refractivity contribution in [3.05, 3.63) is 53.4 Å². The first-order valence-corrected chi connectivity index (χ1v) is 11.6. The SMILES string of the molecule is C#C/C=C(\C(=C/CC1CC1C(=O)O)NC(=O)Nc1ccc(C)cc1)N(CC(C)C)CC(C)C. The summed E-state index contributed by atoms with van der Waals surface area (Å²) in [5.74, 6) is 2.42. The van der Waals surface area contributed by atoms with E-state index in [4.69, 9.17) is 6.42 Å². The third-order valence-corrected chi connectivity index (χ3v) is 5.43. The van der Waals surface area contributed by atoms with E-state index in [9.17, 15) is 14.7 Å². The average Bonchev–Trinajstić information content (AvgIpc) is 3.50. The zero-order valence-corrected chi connectivity index (χ0v) is 20.4. The predicted molar refractivity (Wildman–Crippen MR) is 133 cm³/mol. The number of urea groups is 1. The number of rotatable bonds is 11. The molecule has 2 unspecified atom stereocenters. The van der Waals surface area contributed by atoms with E-state index in [1.807, 2.05) is 37.3 Å². The van der Waals surface area contributed by atoms with Crippen molar-refractivity contribution in [2.24, 2.45) is 23.7 Å². The summed E-state index contributed by atoms with van der Waals surface area (Å²) in [6.07, 6.45) is 10.5. The molecule has 0 spiro atoms. The number of allylic oxidation sites excluding steroid dienone is 2. The molecule has 178 valence electrons. The summed E-state index contributed by atoms with van der Waals surface area (Å²) >= 11 is 0. The van der Waals surface area contributed by atoms with Crippen LogP contribution in [0.4, 0.5) is 10.5 Å². The van der Waals surface area contributed by atoms with Crippen molar-refractivity contribution < 1.29 is 14.7 Å². The number of amides is 2. The maximum Gasteiger partial charge on any atom is 0.323 e. The molecule has 1 fully saturated rings. The van der Waals surface area contributed by atoms with Gasteiger partial charge in [-0.05, 0) is 49.7 Å². The fourth-order valence-corrected chi connectivity index (χ4v) is 3.79. The summed E-state index contributed by atoms with van der Waals surface area (Å²) in [4.78, 5) is 26.3. The molecule has 2 rings (SSSR count). The van der Waals surface area contributed by atoms with Gasteiger partial charge in [0.05, 0.1) is 17.3 Å². The number of benzene rings is 1. The van der Waals surface area contributed by atoms with Crippen molar-refractivity contribution in [2.75, 3.05) is 18.4 Å². The minimum atomic E-state index is -0.763. The average molecular weight is 452 g/mol. The van der Waals surface area contributed by atoms with Gasteiger partial charge < -0.3 is 20.6 Å². The monoisotopic (exact) mass is 451 g/mol. The van der Waals surface area contributed by atoms with Gasteiger partial charge in [0, 0.05) is 24.9 Å². The Morgan fingerprint density at radius 3 is 2.27 bits per heavy atom. The number of hydrogen-bond donors (Lipinski definition) is 3. The second-order valence-electron chi connectivity index (χ2n) is 9.63. The molecule has 2 atom stereocenters. The molecule has 0 saturated heterocycles. The highest BCUT2D eigenvalue weighted by Gasteiger charge is 2.42. The second kappa shape index (κ2) is 12.2. The standard InChI is InChI=1S/C27H37N3O3/c1-7-8-25(30(16-18(2)3)17-19(4)5)24(14-11-21-15-23(21)26(31)32)29-27(33)28-22-12-9-20(6)10-13-22/h1,8-10,12-14,18-19,21,23H,11,15-17H2,2-6H3,(H,31,32)(H2,28,29,33)/b24-14+,25-8+. The highest BCUT2D eigenvalue weighted by molar-refractivity contribution is 5.90. The molecule has 1 aromatic carbocycles. The van der Waals surface area contributed by atoms with Gasteiger partial charge in [0.15, 0.2) is 0 Å². The van der Waals surface area contributed by atoms with Crippen LogP contribution >= 0.6 is 0 Å². The number of anilines is 1. The highest BCUT2D eigenvalue weighted by atomic mass is 16.4. The van der Waals surface area contributed by atoms with Crippen LogP contribution in [0.3, 0.4) is 0 Å². The number of carboxylic acid groups (broad SMARTS) is 1. The fraction of sp³-hybridized carbons (Fsp3) is 0.481. The lowest BCUT2D eigenvalue weighted by Crippen LogP contribution is -2.37. The lowest BCUT2D eigenvalue weighted by Gasteiger charge is -2.32. The third-order valence-electron chi connectivity index (χ3n) is 5.43. The summed E-state index contributed by atoms with van der Waals surface area (Å²) in [5.41, 5.74) is 3.17. The van der Waals surface area contributed by atoms with Gasteiger partial charge in [0.1, 0.15) is 0 Å². The molecule has 1 aromatic rings. The Bertz CT molecular complexity index is 913. The topological polar surface area (TPSA) is 81.7 Å². The third kappa shape index (κ3) is 8.69. The van der Waals surface area contributed by atoms with E-state index in [2.05, 4.69) is 49.1 Å². The van der Waals surface area contributed by atoms with E-state index in [-0.39, 0.29) is 17.9 Å². The van der Waals surface area contributed by atoms with Crippen molar-refractivity contribution in [2.45, 2.75) is 47.5 Å². The number of carbonyl (C=O) groups is 2. The number of carbonyl (C=O) groups excluding carboxylic acids is 1. The maximum atomic E-state index is 12.9. The first-order valence-electron chi connectivity index (χ1n) is 11.6.